The number of unbranched alkanes of at least 4 members (excludes halogenated alkanes) is 2. The van der Waals surface area contributed by atoms with Crippen LogP contribution < -0.4 is 8.92 Å². The summed E-state index contributed by atoms with van der Waals surface area (Å²) in [4.78, 5) is 14.3. The van der Waals surface area contributed by atoms with Gasteiger partial charge in [-0.1, -0.05) is 25.8 Å². The summed E-state index contributed by atoms with van der Waals surface area (Å²) in [5.74, 6) is 0.564. The van der Waals surface area contributed by atoms with Crippen molar-refractivity contribution >= 4 is 16.0 Å². The molecule has 1 rings (SSSR count). The molecule has 7 heteroatoms. The van der Waals surface area contributed by atoms with E-state index in [9.17, 15) is 13.2 Å². The number of carbonyl (C=O) groups excluding carboxylic acids is 1. The Balaban J connectivity index is 2.97. The zero-order valence-corrected chi connectivity index (χ0v) is 16.6. The standard InChI is InChI=1S/C18H29NO5S/c1-6-7-8-9-18(20)19(14(2)3)13-15-10-11-16(23-4)17(12-15)24-25(5,21)22/h10-12,14H,6-9,13H2,1-5H3. The minimum Gasteiger partial charge on any atom is -0.493 e. The largest absolute Gasteiger partial charge is 0.493 e. The Morgan fingerprint density at radius 1 is 1.20 bits per heavy atom. The maximum absolute atomic E-state index is 12.5. The SMILES string of the molecule is CCCCCC(=O)N(Cc1ccc(OC)c(OS(C)(=O)=O)c1)C(C)C. The van der Waals surface area contributed by atoms with Crippen LogP contribution in [0.5, 0.6) is 11.5 Å². The lowest BCUT2D eigenvalue weighted by atomic mass is 10.1. The topological polar surface area (TPSA) is 72.9 Å². The van der Waals surface area contributed by atoms with Gasteiger partial charge in [0.2, 0.25) is 5.91 Å². The van der Waals surface area contributed by atoms with Crippen LogP contribution in [-0.4, -0.2) is 38.6 Å². The molecule has 0 spiro atoms. The molecule has 1 aromatic carbocycles. The van der Waals surface area contributed by atoms with Crippen molar-refractivity contribution in [2.75, 3.05) is 13.4 Å². The van der Waals surface area contributed by atoms with E-state index >= 15 is 0 Å². The Hall–Kier alpha value is -1.76. The molecule has 0 atom stereocenters. The fourth-order valence-electron chi connectivity index (χ4n) is 2.47. The Morgan fingerprint density at radius 3 is 2.40 bits per heavy atom. The first kappa shape index (κ1) is 21.3. The second kappa shape index (κ2) is 9.65. The number of benzene rings is 1. The Labute approximate surface area is 151 Å². The van der Waals surface area contributed by atoms with E-state index in [2.05, 4.69) is 6.92 Å². The third kappa shape index (κ3) is 7.34. The molecule has 6 nitrogen and oxygen atoms in total. The molecule has 0 aliphatic carbocycles. The Kier molecular flexibility index (Phi) is 8.22. The molecule has 0 bridgehead atoms. The van der Waals surface area contributed by atoms with E-state index < -0.39 is 10.1 Å². The number of carbonyl (C=O) groups is 1. The summed E-state index contributed by atoms with van der Waals surface area (Å²) in [7, 11) is -2.22. The summed E-state index contributed by atoms with van der Waals surface area (Å²) in [6.07, 6.45) is 4.49. The molecule has 1 amide bonds. The second-order valence-electron chi connectivity index (χ2n) is 6.35. The molecular weight excluding hydrogens is 342 g/mol. The van der Waals surface area contributed by atoms with E-state index in [1.54, 1.807) is 17.0 Å². The molecular formula is C18H29NO5S. The van der Waals surface area contributed by atoms with E-state index in [1.165, 1.54) is 7.11 Å². The van der Waals surface area contributed by atoms with Gasteiger partial charge in [0.1, 0.15) is 0 Å². The lowest BCUT2D eigenvalue weighted by Gasteiger charge is -2.27. The van der Waals surface area contributed by atoms with Gasteiger partial charge >= 0.3 is 10.1 Å². The summed E-state index contributed by atoms with van der Waals surface area (Å²) < 4.78 is 33.0. The second-order valence-corrected chi connectivity index (χ2v) is 7.92. The van der Waals surface area contributed by atoms with Crippen LogP contribution in [0.4, 0.5) is 0 Å². The average Bonchev–Trinajstić information content (AvgIpc) is 2.51. The molecule has 1 aromatic rings. The van der Waals surface area contributed by atoms with Gasteiger partial charge in [-0.3, -0.25) is 4.79 Å². The highest BCUT2D eigenvalue weighted by Gasteiger charge is 2.18. The van der Waals surface area contributed by atoms with Crippen LogP contribution in [0, 0.1) is 0 Å². The summed E-state index contributed by atoms with van der Waals surface area (Å²) in [5.41, 5.74) is 0.789. The van der Waals surface area contributed by atoms with E-state index in [4.69, 9.17) is 8.92 Å². The number of rotatable bonds is 10. The summed E-state index contributed by atoms with van der Waals surface area (Å²) in [6, 6.07) is 5.11. The maximum Gasteiger partial charge on any atom is 0.306 e. The third-order valence-corrected chi connectivity index (χ3v) is 4.24. The first-order valence-electron chi connectivity index (χ1n) is 8.53. The molecule has 0 aliphatic rings. The predicted octanol–water partition coefficient (Wildman–Crippen LogP) is 3.35. The number of hydrogen-bond donors (Lipinski definition) is 0. The van der Waals surface area contributed by atoms with Crippen LogP contribution in [0.1, 0.15) is 52.0 Å². The van der Waals surface area contributed by atoms with Gasteiger partial charge in [-0.25, -0.2) is 0 Å². The van der Waals surface area contributed by atoms with Crippen molar-refractivity contribution in [1.82, 2.24) is 4.90 Å². The highest BCUT2D eigenvalue weighted by atomic mass is 32.2. The lowest BCUT2D eigenvalue weighted by molar-refractivity contribution is -0.133. The quantitative estimate of drug-likeness (QED) is 0.466. The molecule has 0 N–H and O–H groups in total. The first-order chi connectivity index (χ1) is 11.7. The van der Waals surface area contributed by atoms with E-state index in [0.29, 0.717) is 18.7 Å². The zero-order chi connectivity index (χ0) is 19.0. The van der Waals surface area contributed by atoms with Crippen LogP contribution in [0.2, 0.25) is 0 Å². The van der Waals surface area contributed by atoms with Crippen molar-refractivity contribution in [3.05, 3.63) is 23.8 Å². The van der Waals surface area contributed by atoms with Gasteiger partial charge < -0.3 is 13.8 Å². The molecule has 142 valence electrons. The summed E-state index contributed by atoms with van der Waals surface area (Å²) in [5, 5.41) is 0. The summed E-state index contributed by atoms with van der Waals surface area (Å²) in [6.45, 7) is 6.43. The number of amides is 1. The first-order valence-corrected chi connectivity index (χ1v) is 10.4. The van der Waals surface area contributed by atoms with Gasteiger partial charge in [0.15, 0.2) is 11.5 Å². The van der Waals surface area contributed by atoms with Crippen LogP contribution >= 0.6 is 0 Å². The normalized spacial score (nSPS) is 11.4. The number of nitrogens with zero attached hydrogens (tertiary/aromatic N) is 1. The van der Waals surface area contributed by atoms with Crippen molar-refractivity contribution in [3.63, 3.8) is 0 Å². The van der Waals surface area contributed by atoms with Crippen LogP contribution in [-0.2, 0) is 21.5 Å². The van der Waals surface area contributed by atoms with E-state index in [1.807, 2.05) is 19.9 Å². The van der Waals surface area contributed by atoms with Crippen LogP contribution in [0.25, 0.3) is 0 Å². The fourth-order valence-corrected chi connectivity index (χ4v) is 2.93. The number of ether oxygens (including phenoxy) is 1. The van der Waals surface area contributed by atoms with Gasteiger partial charge in [-0.15, -0.1) is 0 Å². The molecule has 0 radical (unpaired) electrons. The van der Waals surface area contributed by atoms with Gasteiger partial charge in [-0.05, 0) is 38.0 Å². The molecule has 0 saturated heterocycles. The number of methoxy groups -OCH3 is 1. The maximum atomic E-state index is 12.5. The minimum absolute atomic E-state index is 0.0514. The molecule has 0 fully saturated rings. The minimum atomic E-state index is -3.66. The van der Waals surface area contributed by atoms with Crippen LogP contribution in [0.3, 0.4) is 0 Å². The third-order valence-electron chi connectivity index (χ3n) is 3.76. The fraction of sp³-hybridized carbons (Fsp3) is 0.611. The van der Waals surface area contributed by atoms with Crippen molar-refractivity contribution in [2.24, 2.45) is 0 Å². The number of hydrogen-bond acceptors (Lipinski definition) is 5. The van der Waals surface area contributed by atoms with Crippen molar-refractivity contribution < 1.29 is 22.1 Å². The molecule has 25 heavy (non-hydrogen) atoms. The molecule has 0 heterocycles. The van der Waals surface area contributed by atoms with Crippen molar-refractivity contribution in [2.45, 2.75) is 59.0 Å². The molecule has 0 saturated carbocycles. The van der Waals surface area contributed by atoms with Gasteiger partial charge in [-0.2, -0.15) is 8.42 Å². The van der Waals surface area contributed by atoms with Gasteiger partial charge in [0.05, 0.1) is 13.4 Å². The van der Waals surface area contributed by atoms with Crippen molar-refractivity contribution in [1.29, 1.82) is 0 Å². The monoisotopic (exact) mass is 371 g/mol. The van der Waals surface area contributed by atoms with Crippen LogP contribution in [0.15, 0.2) is 18.2 Å². The van der Waals surface area contributed by atoms with Crippen molar-refractivity contribution in [3.8, 4) is 11.5 Å². The Morgan fingerprint density at radius 2 is 1.88 bits per heavy atom. The highest BCUT2D eigenvalue weighted by Crippen LogP contribution is 2.30. The highest BCUT2D eigenvalue weighted by molar-refractivity contribution is 7.86. The average molecular weight is 371 g/mol. The van der Waals surface area contributed by atoms with Gasteiger partial charge in [0.25, 0.3) is 0 Å². The predicted molar refractivity (Wildman–Crippen MR) is 98.3 cm³/mol. The van der Waals surface area contributed by atoms with E-state index in [-0.39, 0.29) is 17.7 Å². The smallest absolute Gasteiger partial charge is 0.306 e. The molecule has 0 unspecified atom stereocenters. The van der Waals surface area contributed by atoms with Gasteiger partial charge in [0, 0.05) is 19.0 Å². The summed E-state index contributed by atoms with van der Waals surface area (Å²) >= 11 is 0. The Bertz CT molecular complexity index is 670. The molecule has 0 aliphatic heterocycles. The zero-order valence-electron chi connectivity index (χ0n) is 15.7. The van der Waals surface area contributed by atoms with E-state index in [0.717, 1.165) is 31.1 Å². The molecule has 0 aromatic heterocycles. The lowest BCUT2D eigenvalue weighted by Crippen LogP contribution is -2.36.